The Labute approximate surface area is 120 Å². The van der Waals surface area contributed by atoms with Gasteiger partial charge in [0.05, 0.1) is 6.61 Å². The topological polar surface area (TPSA) is 131 Å². The van der Waals surface area contributed by atoms with Crippen molar-refractivity contribution in [2.45, 2.75) is 12.0 Å². The van der Waals surface area contributed by atoms with Gasteiger partial charge in [-0.25, -0.2) is 9.59 Å². The van der Waals surface area contributed by atoms with E-state index in [-0.39, 0.29) is 25.2 Å². The summed E-state index contributed by atoms with van der Waals surface area (Å²) < 4.78 is 5.06. The molecule has 0 radical (unpaired) electrons. The first kappa shape index (κ1) is 14.8. The van der Waals surface area contributed by atoms with Gasteiger partial charge in [0, 0.05) is 24.3 Å². The first-order chi connectivity index (χ1) is 9.93. The molecule has 21 heavy (non-hydrogen) atoms. The van der Waals surface area contributed by atoms with E-state index in [4.69, 9.17) is 10.5 Å². The Kier molecular flexibility index (Phi) is 4.08. The number of carbonyl (C=O) groups is 3. The van der Waals surface area contributed by atoms with E-state index in [1.807, 2.05) is 0 Å². The van der Waals surface area contributed by atoms with Gasteiger partial charge in [-0.05, 0) is 24.3 Å². The molecule has 0 aromatic heterocycles. The Morgan fingerprint density at radius 3 is 2.38 bits per heavy atom. The third-order valence-corrected chi connectivity index (χ3v) is 3.20. The Morgan fingerprint density at radius 2 is 1.90 bits per heavy atom. The molecule has 1 atom stereocenters. The van der Waals surface area contributed by atoms with E-state index in [2.05, 4.69) is 10.6 Å². The van der Waals surface area contributed by atoms with Crippen molar-refractivity contribution >= 4 is 23.6 Å². The van der Waals surface area contributed by atoms with Gasteiger partial charge in [0.1, 0.15) is 0 Å². The minimum Gasteiger partial charge on any atom is -0.479 e. The van der Waals surface area contributed by atoms with Crippen LogP contribution >= 0.6 is 0 Å². The van der Waals surface area contributed by atoms with Crippen LogP contribution in [-0.4, -0.2) is 41.8 Å². The third-order valence-electron chi connectivity index (χ3n) is 3.20. The van der Waals surface area contributed by atoms with Crippen molar-refractivity contribution in [3.8, 4) is 0 Å². The summed E-state index contributed by atoms with van der Waals surface area (Å²) in [6.07, 6.45) is 0.218. The lowest BCUT2D eigenvalue weighted by atomic mass is 9.98. The second-order valence-corrected chi connectivity index (χ2v) is 4.71. The number of carboxylic acid groups (broad SMARTS) is 1. The molecule has 1 saturated heterocycles. The molecule has 1 fully saturated rings. The maximum absolute atomic E-state index is 12.1. The van der Waals surface area contributed by atoms with Gasteiger partial charge in [0.15, 0.2) is 5.54 Å². The number of hydrogen-bond acceptors (Lipinski definition) is 4. The second-order valence-electron chi connectivity index (χ2n) is 4.71. The lowest BCUT2D eigenvalue weighted by molar-refractivity contribution is -0.144. The van der Waals surface area contributed by atoms with Gasteiger partial charge < -0.3 is 26.2 Å². The van der Waals surface area contributed by atoms with Gasteiger partial charge in [-0.2, -0.15) is 0 Å². The molecule has 5 N–H and O–H groups in total. The van der Waals surface area contributed by atoms with E-state index >= 15 is 0 Å². The van der Waals surface area contributed by atoms with Crippen LogP contribution in [0.4, 0.5) is 10.5 Å². The van der Waals surface area contributed by atoms with E-state index in [0.29, 0.717) is 5.69 Å². The zero-order valence-electron chi connectivity index (χ0n) is 11.1. The van der Waals surface area contributed by atoms with Crippen molar-refractivity contribution in [3.63, 3.8) is 0 Å². The lowest BCUT2D eigenvalue weighted by Crippen LogP contribution is -2.55. The van der Waals surface area contributed by atoms with Crippen LogP contribution in [0.15, 0.2) is 24.3 Å². The van der Waals surface area contributed by atoms with Gasteiger partial charge in [0.25, 0.3) is 5.91 Å². The number of nitrogens with two attached hydrogens (primary N) is 1. The summed E-state index contributed by atoms with van der Waals surface area (Å²) in [7, 11) is 0. The summed E-state index contributed by atoms with van der Waals surface area (Å²) in [6.45, 7) is 0.226. The van der Waals surface area contributed by atoms with E-state index in [1.165, 1.54) is 24.3 Å². The number of carboxylic acids is 1. The fourth-order valence-corrected chi connectivity index (χ4v) is 2.02. The molecule has 3 amide bonds. The Hall–Kier alpha value is -2.61. The molecular weight excluding hydrogens is 278 g/mol. The summed E-state index contributed by atoms with van der Waals surface area (Å²) >= 11 is 0. The van der Waals surface area contributed by atoms with Crippen LogP contribution in [0.5, 0.6) is 0 Å². The molecule has 112 valence electrons. The number of nitrogens with one attached hydrogen (secondary N) is 2. The average Bonchev–Trinajstić information content (AvgIpc) is 2.88. The van der Waals surface area contributed by atoms with Crippen molar-refractivity contribution in [2.75, 3.05) is 18.5 Å². The van der Waals surface area contributed by atoms with Gasteiger partial charge in [-0.15, -0.1) is 0 Å². The van der Waals surface area contributed by atoms with Crippen LogP contribution in [0, 0.1) is 0 Å². The van der Waals surface area contributed by atoms with E-state index in [1.54, 1.807) is 0 Å². The first-order valence-electron chi connectivity index (χ1n) is 6.23. The Morgan fingerprint density at radius 1 is 1.24 bits per heavy atom. The monoisotopic (exact) mass is 293 g/mol. The highest BCUT2D eigenvalue weighted by molar-refractivity contribution is 5.98. The fraction of sp³-hybridized carbons (Fsp3) is 0.308. The molecule has 8 heteroatoms. The molecule has 8 nitrogen and oxygen atoms in total. The number of benzene rings is 1. The average molecular weight is 293 g/mol. The highest BCUT2D eigenvalue weighted by atomic mass is 16.5. The minimum atomic E-state index is -1.39. The smallest absolute Gasteiger partial charge is 0.331 e. The van der Waals surface area contributed by atoms with Crippen LogP contribution in [-0.2, 0) is 9.53 Å². The maximum atomic E-state index is 12.1. The highest BCUT2D eigenvalue weighted by Crippen LogP contribution is 2.20. The molecule has 1 aromatic rings. The van der Waals surface area contributed by atoms with Gasteiger partial charge in [-0.3, -0.25) is 4.79 Å². The molecule has 0 aliphatic carbocycles. The largest absolute Gasteiger partial charge is 0.479 e. The van der Waals surface area contributed by atoms with Crippen LogP contribution in [0.2, 0.25) is 0 Å². The molecule has 0 spiro atoms. The summed E-state index contributed by atoms with van der Waals surface area (Å²) in [5.74, 6) is -1.64. The summed E-state index contributed by atoms with van der Waals surface area (Å²) in [5, 5.41) is 14.1. The number of anilines is 1. The van der Waals surface area contributed by atoms with Gasteiger partial charge in [0.2, 0.25) is 0 Å². The number of aliphatic carboxylic acids is 1. The Balaban J connectivity index is 2.09. The molecule has 1 aromatic carbocycles. The molecule has 0 bridgehead atoms. The van der Waals surface area contributed by atoms with Crippen molar-refractivity contribution in [1.82, 2.24) is 5.32 Å². The molecule has 1 aliphatic heterocycles. The second kappa shape index (κ2) is 5.80. The highest BCUT2D eigenvalue weighted by Gasteiger charge is 2.44. The van der Waals surface area contributed by atoms with Crippen molar-refractivity contribution in [2.24, 2.45) is 5.73 Å². The van der Waals surface area contributed by atoms with Crippen LogP contribution in [0.3, 0.4) is 0 Å². The number of carbonyl (C=O) groups excluding carboxylic acids is 2. The number of hydrogen-bond donors (Lipinski definition) is 4. The summed E-state index contributed by atoms with van der Waals surface area (Å²) in [5.41, 5.74) is 4.30. The minimum absolute atomic E-state index is 0.0601. The normalized spacial score (nSPS) is 20.8. The summed E-state index contributed by atoms with van der Waals surface area (Å²) in [4.78, 5) is 34.1. The first-order valence-corrected chi connectivity index (χ1v) is 6.23. The van der Waals surface area contributed by atoms with Crippen molar-refractivity contribution in [1.29, 1.82) is 0 Å². The van der Waals surface area contributed by atoms with Crippen molar-refractivity contribution < 1.29 is 24.2 Å². The van der Waals surface area contributed by atoms with Gasteiger partial charge in [-0.1, -0.05) is 0 Å². The predicted molar refractivity (Wildman–Crippen MR) is 72.9 cm³/mol. The van der Waals surface area contributed by atoms with Crippen LogP contribution in [0.25, 0.3) is 0 Å². The zero-order valence-corrected chi connectivity index (χ0v) is 11.1. The molecular formula is C13H15N3O5. The van der Waals surface area contributed by atoms with Crippen LogP contribution < -0.4 is 16.4 Å². The number of primary amides is 1. The molecule has 0 saturated carbocycles. The molecule has 2 rings (SSSR count). The molecule has 1 unspecified atom stereocenters. The van der Waals surface area contributed by atoms with Crippen LogP contribution in [0.1, 0.15) is 16.8 Å². The predicted octanol–water partition coefficient (Wildman–Crippen LogP) is 0.151. The number of rotatable bonds is 4. The SMILES string of the molecule is NC(=O)Nc1ccc(C(=O)NC2(C(=O)O)CCOC2)cc1. The number of ether oxygens (including phenoxy) is 1. The quantitative estimate of drug-likeness (QED) is 0.627. The number of amides is 3. The maximum Gasteiger partial charge on any atom is 0.331 e. The van der Waals surface area contributed by atoms with E-state index in [9.17, 15) is 19.5 Å². The van der Waals surface area contributed by atoms with Gasteiger partial charge >= 0.3 is 12.0 Å². The summed E-state index contributed by atoms with van der Waals surface area (Å²) in [6, 6.07) is 5.22. The van der Waals surface area contributed by atoms with Crippen molar-refractivity contribution in [3.05, 3.63) is 29.8 Å². The lowest BCUT2D eigenvalue weighted by Gasteiger charge is -2.23. The standard InChI is InChI=1S/C13H15N3O5/c14-12(20)15-9-3-1-8(2-4-9)10(17)16-13(11(18)19)5-6-21-7-13/h1-4H,5-7H2,(H,16,17)(H,18,19)(H3,14,15,20). The zero-order chi connectivity index (χ0) is 15.5. The third kappa shape index (κ3) is 3.29. The van der Waals surface area contributed by atoms with E-state index < -0.39 is 23.4 Å². The number of urea groups is 1. The molecule has 1 heterocycles. The Bertz CT molecular complexity index is 564. The molecule has 1 aliphatic rings. The fourth-order valence-electron chi connectivity index (χ4n) is 2.02. The van der Waals surface area contributed by atoms with E-state index in [0.717, 1.165) is 0 Å².